The van der Waals surface area contributed by atoms with Crippen LogP contribution in [0.25, 0.3) is 0 Å². The van der Waals surface area contributed by atoms with E-state index in [1.165, 1.54) is 19.3 Å². The van der Waals surface area contributed by atoms with Gasteiger partial charge in [-0.1, -0.05) is 6.42 Å². The Bertz CT molecular complexity index is 476. The summed E-state index contributed by atoms with van der Waals surface area (Å²) in [6.45, 7) is 1.77. The Morgan fingerprint density at radius 2 is 2.20 bits per heavy atom. The Morgan fingerprint density at radius 3 is 2.85 bits per heavy atom. The van der Waals surface area contributed by atoms with Gasteiger partial charge in [-0.05, 0) is 25.7 Å². The second kappa shape index (κ2) is 5.91. The number of ether oxygens (including phenoxy) is 1. The van der Waals surface area contributed by atoms with Crippen LogP contribution in [0.15, 0.2) is 0 Å². The van der Waals surface area contributed by atoms with Gasteiger partial charge in [-0.3, -0.25) is 4.79 Å². The number of hydrogen-bond acceptors (Lipinski definition) is 4. The van der Waals surface area contributed by atoms with E-state index in [0.29, 0.717) is 19.1 Å². The maximum atomic E-state index is 12.0. The van der Waals surface area contributed by atoms with E-state index in [-0.39, 0.29) is 11.8 Å². The lowest BCUT2D eigenvalue weighted by molar-refractivity contribution is -0.129. The number of nitrogens with one attached hydrogen (secondary N) is 1. The molecule has 0 bridgehead atoms. The van der Waals surface area contributed by atoms with Gasteiger partial charge < -0.3 is 14.6 Å². The first-order valence-electron chi connectivity index (χ1n) is 7.49. The zero-order valence-corrected chi connectivity index (χ0v) is 12.0. The molecule has 3 rings (SSSR count). The summed E-state index contributed by atoms with van der Waals surface area (Å²) in [5.74, 6) is 2.50. The molecule has 1 N–H and O–H groups in total. The zero-order valence-electron chi connectivity index (χ0n) is 12.0. The highest BCUT2D eigenvalue weighted by molar-refractivity contribution is 5.78. The molecule has 0 spiro atoms. The minimum absolute atomic E-state index is 0.0110. The van der Waals surface area contributed by atoms with Crippen molar-refractivity contribution in [2.24, 2.45) is 13.0 Å². The molecule has 1 amide bonds. The summed E-state index contributed by atoms with van der Waals surface area (Å²) in [4.78, 5) is 12.0. The van der Waals surface area contributed by atoms with Gasteiger partial charge in [0.05, 0.1) is 19.1 Å². The summed E-state index contributed by atoms with van der Waals surface area (Å²) in [6.07, 6.45) is 5.58. The number of carbonyl (C=O) groups is 1. The van der Waals surface area contributed by atoms with Crippen molar-refractivity contribution in [1.29, 1.82) is 0 Å². The average molecular weight is 278 g/mol. The third kappa shape index (κ3) is 2.70. The largest absolute Gasteiger partial charge is 0.381 e. The molecule has 1 aromatic rings. The van der Waals surface area contributed by atoms with Gasteiger partial charge >= 0.3 is 0 Å². The van der Waals surface area contributed by atoms with E-state index in [1.807, 2.05) is 11.6 Å². The molecule has 1 aliphatic carbocycles. The second-order valence-corrected chi connectivity index (χ2v) is 5.79. The predicted octanol–water partition coefficient (Wildman–Crippen LogP) is 1.13. The molecule has 110 valence electrons. The molecule has 2 heterocycles. The van der Waals surface area contributed by atoms with Crippen molar-refractivity contribution in [2.45, 2.75) is 44.6 Å². The molecule has 0 radical (unpaired) electrons. The van der Waals surface area contributed by atoms with Crippen LogP contribution in [0.1, 0.15) is 49.7 Å². The first kappa shape index (κ1) is 13.5. The SMILES string of the molecule is Cn1c(CNC(=O)[C@@H]2CCCOC2)nnc1C1CCC1. The minimum Gasteiger partial charge on any atom is -0.381 e. The second-order valence-electron chi connectivity index (χ2n) is 5.79. The van der Waals surface area contributed by atoms with Gasteiger partial charge in [0.25, 0.3) is 0 Å². The third-order valence-corrected chi connectivity index (χ3v) is 4.42. The summed E-state index contributed by atoms with van der Waals surface area (Å²) in [6, 6.07) is 0. The third-order valence-electron chi connectivity index (χ3n) is 4.42. The zero-order chi connectivity index (χ0) is 13.9. The molecule has 2 aliphatic rings. The number of amides is 1. The van der Waals surface area contributed by atoms with Crippen LogP contribution in [0.5, 0.6) is 0 Å². The summed E-state index contributed by atoms with van der Waals surface area (Å²) in [7, 11) is 1.98. The van der Waals surface area contributed by atoms with Crippen LogP contribution in [0.4, 0.5) is 0 Å². The van der Waals surface area contributed by atoms with Crippen LogP contribution in [0.3, 0.4) is 0 Å². The fourth-order valence-corrected chi connectivity index (χ4v) is 2.81. The molecule has 6 heteroatoms. The summed E-state index contributed by atoms with van der Waals surface area (Å²) >= 11 is 0. The predicted molar refractivity (Wildman–Crippen MR) is 73.0 cm³/mol. The van der Waals surface area contributed by atoms with E-state index in [1.54, 1.807) is 0 Å². The molecule has 1 aromatic heterocycles. The Morgan fingerprint density at radius 1 is 1.35 bits per heavy atom. The smallest absolute Gasteiger partial charge is 0.225 e. The van der Waals surface area contributed by atoms with Crippen LogP contribution in [0.2, 0.25) is 0 Å². The minimum atomic E-state index is -0.0110. The summed E-state index contributed by atoms with van der Waals surface area (Å²) in [5, 5.41) is 11.4. The highest BCUT2D eigenvalue weighted by atomic mass is 16.5. The standard InChI is InChI=1S/C14H22N4O2/c1-18-12(16-17-13(18)10-4-2-5-10)8-15-14(19)11-6-3-7-20-9-11/h10-11H,2-9H2,1H3,(H,15,19)/t11-/m1/s1. The molecule has 0 aromatic carbocycles. The van der Waals surface area contributed by atoms with Gasteiger partial charge in [0.15, 0.2) is 5.82 Å². The van der Waals surface area contributed by atoms with Gasteiger partial charge in [-0.15, -0.1) is 10.2 Å². The first-order valence-corrected chi connectivity index (χ1v) is 7.49. The van der Waals surface area contributed by atoms with Crippen molar-refractivity contribution in [3.8, 4) is 0 Å². The average Bonchev–Trinajstić information content (AvgIpc) is 2.77. The molecule has 2 fully saturated rings. The highest BCUT2D eigenvalue weighted by Gasteiger charge is 2.26. The quantitative estimate of drug-likeness (QED) is 0.896. The van der Waals surface area contributed by atoms with E-state index < -0.39 is 0 Å². The van der Waals surface area contributed by atoms with Crippen molar-refractivity contribution >= 4 is 5.91 Å². The number of aromatic nitrogens is 3. The van der Waals surface area contributed by atoms with Crippen LogP contribution in [-0.4, -0.2) is 33.9 Å². The molecular weight excluding hydrogens is 256 g/mol. The number of hydrogen-bond donors (Lipinski definition) is 1. The lowest BCUT2D eigenvalue weighted by Gasteiger charge is -2.24. The first-order chi connectivity index (χ1) is 9.75. The van der Waals surface area contributed by atoms with Crippen LogP contribution < -0.4 is 5.32 Å². The molecule has 1 atom stereocenters. The van der Waals surface area contributed by atoms with Crippen LogP contribution >= 0.6 is 0 Å². The highest BCUT2D eigenvalue weighted by Crippen LogP contribution is 2.35. The Balaban J connectivity index is 1.55. The fourth-order valence-electron chi connectivity index (χ4n) is 2.81. The van der Waals surface area contributed by atoms with Crippen LogP contribution in [0, 0.1) is 5.92 Å². The van der Waals surface area contributed by atoms with E-state index in [9.17, 15) is 4.79 Å². The van der Waals surface area contributed by atoms with Gasteiger partial charge in [0.1, 0.15) is 5.82 Å². The molecule has 0 unspecified atom stereocenters. The molecule has 1 saturated carbocycles. The molecule has 20 heavy (non-hydrogen) atoms. The van der Waals surface area contributed by atoms with Gasteiger partial charge in [0.2, 0.25) is 5.91 Å². The molecule has 1 saturated heterocycles. The summed E-state index contributed by atoms with van der Waals surface area (Å²) < 4.78 is 7.37. The fraction of sp³-hybridized carbons (Fsp3) is 0.786. The van der Waals surface area contributed by atoms with Crippen molar-refractivity contribution < 1.29 is 9.53 Å². The topological polar surface area (TPSA) is 69.0 Å². The van der Waals surface area contributed by atoms with E-state index in [0.717, 1.165) is 31.1 Å². The van der Waals surface area contributed by atoms with Gasteiger partial charge in [-0.2, -0.15) is 0 Å². The lowest BCUT2D eigenvalue weighted by Crippen LogP contribution is -2.35. The van der Waals surface area contributed by atoms with Crippen molar-refractivity contribution in [3.63, 3.8) is 0 Å². The Hall–Kier alpha value is -1.43. The van der Waals surface area contributed by atoms with E-state index >= 15 is 0 Å². The molecule has 6 nitrogen and oxygen atoms in total. The maximum Gasteiger partial charge on any atom is 0.225 e. The molecule has 1 aliphatic heterocycles. The number of nitrogens with zero attached hydrogens (tertiary/aromatic N) is 3. The van der Waals surface area contributed by atoms with E-state index in [4.69, 9.17) is 4.74 Å². The monoisotopic (exact) mass is 278 g/mol. The number of carbonyl (C=O) groups excluding carboxylic acids is 1. The van der Waals surface area contributed by atoms with Crippen LogP contribution in [-0.2, 0) is 23.1 Å². The molecular formula is C14H22N4O2. The Kier molecular flexibility index (Phi) is 4.00. The van der Waals surface area contributed by atoms with Gasteiger partial charge in [-0.25, -0.2) is 0 Å². The summed E-state index contributed by atoms with van der Waals surface area (Å²) in [5.41, 5.74) is 0. The normalized spacial score (nSPS) is 23.4. The number of rotatable bonds is 4. The van der Waals surface area contributed by atoms with E-state index in [2.05, 4.69) is 15.5 Å². The maximum absolute atomic E-state index is 12.0. The van der Waals surface area contributed by atoms with Gasteiger partial charge in [0, 0.05) is 19.6 Å². The van der Waals surface area contributed by atoms with Crippen molar-refractivity contribution in [1.82, 2.24) is 20.1 Å². The lowest BCUT2D eigenvalue weighted by atomic mass is 9.85. The Labute approximate surface area is 118 Å². The van der Waals surface area contributed by atoms with Crippen molar-refractivity contribution in [2.75, 3.05) is 13.2 Å². The van der Waals surface area contributed by atoms with Crippen molar-refractivity contribution in [3.05, 3.63) is 11.6 Å².